The maximum absolute atomic E-state index is 11.0. The smallest absolute Gasteiger partial charge is 0.307 e. The minimum atomic E-state index is -0.399. The Kier molecular flexibility index (Phi) is 8.39. The van der Waals surface area contributed by atoms with Crippen LogP contribution in [0.5, 0.6) is 0 Å². The van der Waals surface area contributed by atoms with Crippen LogP contribution in [-0.4, -0.2) is 35.9 Å². The van der Waals surface area contributed by atoms with Crippen molar-refractivity contribution in [3.8, 4) is 0 Å². The summed E-state index contributed by atoms with van der Waals surface area (Å²) in [6.45, 7) is 3.49. The Labute approximate surface area is 105 Å². The van der Waals surface area contributed by atoms with E-state index in [2.05, 4.69) is 0 Å². The molecule has 0 aromatic rings. The normalized spacial score (nSPS) is 14.0. The van der Waals surface area contributed by atoms with Crippen molar-refractivity contribution >= 4 is 35.1 Å². The lowest BCUT2D eigenvalue weighted by atomic mass is 10.3. The number of ether oxygens (including phenoxy) is 2. The summed E-state index contributed by atoms with van der Waals surface area (Å²) < 4.78 is 9.55. The molecule has 94 valence electrons. The fourth-order valence-electron chi connectivity index (χ4n) is 0.888. The Morgan fingerprint density at radius 3 is 1.50 bits per heavy atom. The molecule has 0 N–H and O–H groups in total. The van der Waals surface area contributed by atoms with Gasteiger partial charge < -0.3 is 9.47 Å². The highest BCUT2D eigenvalue weighted by molar-refractivity contribution is 6.21. The molecule has 0 amide bonds. The van der Waals surface area contributed by atoms with Crippen LogP contribution >= 0.6 is 23.2 Å². The van der Waals surface area contributed by atoms with Gasteiger partial charge >= 0.3 is 11.9 Å². The molecule has 0 fully saturated rings. The van der Waals surface area contributed by atoms with Gasteiger partial charge in [0.1, 0.15) is 13.2 Å². The summed E-state index contributed by atoms with van der Waals surface area (Å²) in [5.41, 5.74) is 0. The minimum Gasteiger partial charge on any atom is -0.462 e. The van der Waals surface area contributed by atoms with E-state index in [1.165, 1.54) is 0 Å². The van der Waals surface area contributed by atoms with E-state index in [0.717, 1.165) is 0 Å². The van der Waals surface area contributed by atoms with Crippen LogP contribution in [0.2, 0.25) is 0 Å². The van der Waals surface area contributed by atoms with Gasteiger partial charge in [-0.05, 0) is 13.8 Å². The van der Waals surface area contributed by atoms with Crippen LogP contribution in [0.15, 0.2) is 0 Å². The molecular formula is C10H16Cl2O4. The van der Waals surface area contributed by atoms with E-state index in [4.69, 9.17) is 32.7 Å². The molecule has 0 aliphatic heterocycles. The molecule has 0 saturated carbocycles. The molecule has 0 spiro atoms. The molecule has 0 radical (unpaired) electrons. The van der Waals surface area contributed by atoms with Crippen molar-refractivity contribution in [2.45, 2.75) is 37.4 Å². The lowest BCUT2D eigenvalue weighted by Crippen LogP contribution is -2.16. The number of hydrogen-bond donors (Lipinski definition) is 0. The van der Waals surface area contributed by atoms with Gasteiger partial charge in [0.15, 0.2) is 0 Å². The predicted octanol–water partition coefficient (Wildman–Crippen LogP) is 2.11. The van der Waals surface area contributed by atoms with Crippen molar-refractivity contribution in [2.24, 2.45) is 0 Å². The van der Waals surface area contributed by atoms with Crippen molar-refractivity contribution in [2.75, 3.05) is 13.2 Å². The van der Waals surface area contributed by atoms with E-state index < -0.39 is 11.9 Å². The van der Waals surface area contributed by atoms with Crippen molar-refractivity contribution in [3.05, 3.63) is 0 Å². The van der Waals surface area contributed by atoms with Crippen LogP contribution in [0.3, 0.4) is 0 Å². The Morgan fingerprint density at radius 1 is 0.938 bits per heavy atom. The van der Waals surface area contributed by atoms with Gasteiger partial charge in [0, 0.05) is 10.8 Å². The Balaban J connectivity index is 3.46. The number of esters is 2. The van der Waals surface area contributed by atoms with Gasteiger partial charge in [-0.1, -0.05) is 0 Å². The largest absolute Gasteiger partial charge is 0.462 e. The second-order valence-corrected chi connectivity index (χ2v) is 4.90. The van der Waals surface area contributed by atoms with Crippen molar-refractivity contribution in [1.82, 2.24) is 0 Å². The number of alkyl halides is 2. The van der Waals surface area contributed by atoms with Crippen molar-refractivity contribution < 1.29 is 19.1 Å². The molecule has 0 aliphatic carbocycles. The highest BCUT2D eigenvalue weighted by atomic mass is 35.5. The standard InChI is InChI=1S/C10H16Cl2O4/c1-7(11)5-9(13)15-3-4-16-10(14)6-8(2)12/h7-8H,3-6H2,1-2H3. The zero-order valence-corrected chi connectivity index (χ0v) is 10.9. The van der Waals surface area contributed by atoms with E-state index in [9.17, 15) is 9.59 Å². The third-order valence-electron chi connectivity index (χ3n) is 1.51. The zero-order chi connectivity index (χ0) is 12.6. The molecule has 16 heavy (non-hydrogen) atoms. The molecule has 6 heteroatoms. The molecule has 0 rings (SSSR count). The van der Waals surface area contributed by atoms with Crippen LogP contribution in [0, 0.1) is 0 Å². The lowest BCUT2D eigenvalue weighted by molar-refractivity contribution is -0.152. The maximum Gasteiger partial charge on any atom is 0.307 e. The summed E-state index contributed by atoms with van der Waals surface area (Å²) in [4.78, 5) is 22.0. The quantitative estimate of drug-likeness (QED) is 0.404. The molecule has 4 nitrogen and oxygen atoms in total. The van der Waals surface area contributed by atoms with Gasteiger partial charge in [-0.25, -0.2) is 0 Å². The van der Waals surface area contributed by atoms with Crippen LogP contribution in [0.1, 0.15) is 26.7 Å². The fraction of sp³-hybridized carbons (Fsp3) is 0.800. The minimum absolute atomic E-state index is 0.0465. The number of halogens is 2. The first-order chi connectivity index (χ1) is 7.41. The first-order valence-corrected chi connectivity index (χ1v) is 5.88. The summed E-state index contributed by atoms with van der Waals surface area (Å²) >= 11 is 11.2. The number of carbonyl (C=O) groups excluding carboxylic acids is 2. The summed E-state index contributed by atoms with van der Waals surface area (Å²) in [6.07, 6.45) is 0.294. The fourth-order valence-corrected chi connectivity index (χ4v) is 1.14. The van der Waals surface area contributed by atoms with Gasteiger partial charge in [0.25, 0.3) is 0 Å². The molecule has 0 bridgehead atoms. The number of hydrogen-bond acceptors (Lipinski definition) is 4. The van der Waals surface area contributed by atoms with E-state index in [1.54, 1.807) is 13.8 Å². The van der Waals surface area contributed by atoms with E-state index >= 15 is 0 Å². The summed E-state index contributed by atoms with van der Waals surface area (Å²) in [7, 11) is 0. The van der Waals surface area contributed by atoms with Gasteiger partial charge in [-0.15, -0.1) is 23.2 Å². The Bertz CT molecular complexity index is 205. The van der Waals surface area contributed by atoms with Gasteiger partial charge in [-0.2, -0.15) is 0 Å². The van der Waals surface area contributed by atoms with Crippen molar-refractivity contribution in [3.63, 3.8) is 0 Å². The van der Waals surface area contributed by atoms with Crippen LogP contribution in [-0.2, 0) is 19.1 Å². The summed E-state index contributed by atoms with van der Waals surface area (Å²) in [6, 6.07) is 0. The van der Waals surface area contributed by atoms with E-state index in [0.29, 0.717) is 0 Å². The monoisotopic (exact) mass is 270 g/mol. The van der Waals surface area contributed by atoms with Gasteiger partial charge in [-0.3, -0.25) is 9.59 Å². The first-order valence-electron chi connectivity index (χ1n) is 5.01. The summed E-state index contributed by atoms with van der Waals surface area (Å²) in [5.74, 6) is -0.798. The Hall–Kier alpha value is -0.480. The average Bonchev–Trinajstić information content (AvgIpc) is 2.10. The molecule has 0 heterocycles. The molecular weight excluding hydrogens is 255 g/mol. The van der Waals surface area contributed by atoms with Crippen LogP contribution in [0.25, 0.3) is 0 Å². The molecule has 0 aromatic heterocycles. The second-order valence-electron chi connectivity index (χ2n) is 3.41. The number of rotatable bonds is 7. The SMILES string of the molecule is CC(Cl)CC(=O)OCCOC(=O)CC(C)Cl. The van der Waals surface area contributed by atoms with Gasteiger partial charge in [0.2, 0.25) is 0 Å². The highest BCUT2D eigenvalue weighted by Gasteiger charge is 2.09. The van der Waals surface area contributed by atoms with E-state index in [1.807, 2.05) is 0 Å². The Morgan fingerprint density at radius 2 is 1.25 bits per heavy atom. The summed E-state index contributed by atoms with van der Waals surface area (Å²) in [5, 5.41) is -0.515. The third kappa shape index (κ3) is 10.1. The van der Waals surface area contributed by atoms with Crippen molar-refractivity contribution in [1.29, 1.82) is 0 Å². The second kappa shape index (κ2) is 8.65. The number of carbonyl (C=O) groups is 2. The third-order valence-corrected chi connectivity index (χ3v) is 1.81. The predicted molar refractivity (Wildman–Crippen MR) is 61.8 cm³/mol. The maximum atomic E-state index is 11.0. The first kappa shape index (κ1) is 15.5. The highest BCUT2D eigenvalue weighted by Crippen LogP contribution is 2.02. The average molecular weight is 271 g/mol. The van der Waals surface area contributed by atoms with Crippen LogP contribution in [0.4, 0.5) is 0 Å². The van der Waals surface area contributed by atoms with Gasteiger partial charge in [0.05, 0.1) is 12.8 Å². The van der Waals surface area contributed by atoms with E-state index in [-0.39, 0.29) is 36.8 Å². The lowest BCUT2D eigenvalue weighted by Gasteiger charge is -2.07. The van der Waals surface area contributed by atoms with Crippen LogP contribution < -0.4 is 0 Å². The molecule has 0 aliphatic rings. The topological polar surface area (TPSA) is 52.6 Å². The molecule has 2 unspecified atom stereocenters. The molecule has 0 aromatic carbocycles. The molecule has 2 atom stereocenters. The molecule has 0 saturated heterocycles. The zero-order valence-electron chi connectivity index (χ0n) is 9.37.